The molecule has 4 nitrogen and oxygen atoms in total. The Morgan fingerprint density at radius 2 is 2.06 bits per heavy atom. The van der Waals surface area contributed by atoms with Crippen molar-refractivity contribution >= 4 is 11.0 Å². The summed E-state index contributed by atoms with van der Waals surface area (Å²) in [6.45, 7) is 3.55. The lowest BCUT2D eigenvalue weighted by Crippen LogP contribution is -2.44. The van der Waals surface area contributed by atoms with Crippen LogP contribution in [0.1, 0.15) is 24.2 Å². The van der Waals surface area contributed by atoms with E-state index in [9.17, 15) is 0 Å². The van der Waals surface area contributed by atoms with Crippen LogP contribution in [0.15, 0.2) is 18.2 Å². The molecule has 0 radical (unpaired) electrons. The van der Waals surface area contributed by atoms with E-state index < -0.39 is 0 Å². The lowest BCUT2D eigenvalue weighted by Gasteiger charge is -2.32. The molecule has 0 unspecified atom stereocenters. The highest BCUT2D eigenvalue weighted by molar-refractivity contribution is 5.79. The molecule has 1 saturated heterocycles. The number of ether oxygens (including phenoxy) is 1. The molecule has 1 aromatic carbocycles. The van der Waals surface area contributed by atoms with Crippen LogP contribution in [-0.4, -0.2) is 22.8 Å². The fraction of sp³-hybridized carbons (Fsp3) is 0.500. The molecule has 1 aliphatic rings. The molecule has 1 aromatic heterocycles. The summed E-state index contributed by atoms with van der Waals surface area (Å²) in [5.41, 5.74) is 9.64. The fourth-order valence-electron chi connectivity index (χ4n) is 2.87. The Kier molecular flexibility index (Phi) is 2.64. The molecule has 0 atom stereocenters. The maximum Gasteiger partial charge on any atom is 0.129 e. The Hall–Kier alpha value is -1.39. The molecule has 96 valence electrons. The predicted octanol–water partition coefficient (Wildman–Crippen LogP) is 1.85. The van der Waals surface area contributed by atoms with E-state index in [4.69, 9.17) is 15.5 Å². The van der Waals surface area contributed by atoms with E-state index in [0.29, 0.717) is 0 Å². The standard InChI is InChI=1S/C14H19N3O/c1-10-4-3-5-11-12(10)17(2)13(16-11)14(15)6-8-18-9-7-14/h3-5H,6-9,15H2,1-2H3. The van der Waals surface area contributed by atoms with Crippen LogP contribution in [0.5, 0.6) is 0 Å². The van der Waals surface area contributed by atoms with Gasteiger partial charge in [0.15, 0.2) is 0 Å². The summed E-state index contributed by atoms with van der Waals surface area (Å²) in [5, 5.41) is 0. The largest absolute Gasteiger partial charge is 0.381 e. The number of benzene rings is 1. The lowest BCUT2D eigenvalue weighted by molar-refractivity contribution is 0.0484. The molecule has 0 amide bonds. The zero-order chi connectivity index (χ0) is 12.8. The first-order chi connectivity index (χ1) is 8.62. The third-order valence-corrected chi connectivity index (χ3v) is 3.93. The first-order valence-corrected chi connectivity index (χ1v) is 6.41. The summed E-state index contributed by atoms with van der Waals surface area (Å²) in [6.07, 6.45) is 1.67. The second-order valence-corrected chi connectivity index (χ2v) is 5.21. The third-order valence-electron chi connectivity index (χ3n) is 3.93. The number of para-hydroxylation sites is 1. The van der Waals surface area contributed by atoms with E-state index in [1.54, 1.807) is 0 Å². The Morgan fingerprint density at radius 1 is 1.33 bits per heavy atom. The van der Waals surface area contributed by atoms with Crippen molar-refractivity contribution in [3.8, 4) is 0 Å². The van der Waals surface area contributed by atoms with Gasteiger partial charge in [-0.15, -0.1) is 0 Å². The lowest BCUT2D eigenvalue weighted by atomic mass is 9.90. The number of aryl methyl sites for hydroxylation is 2. The van der Waals surface area contributed by atoms with Gasteiger partial charge in [0, 0.05) is 20.3 Å². The van der Waals surface area contributed by atoms with Gasteiger partial charge in [-0.25, -0.2) is 4.98 Å². The normalized spacial score (nSPS) is 19.3. The summed E-state index contributed by atoms with van der Waals surface area (Å²) in [7, 11) is 2.06. The molecule has 0 saturated carbocycles. The molecule has 4 heteroatoms. The highest BCUT2D eigenvalue weighted by atomic mass is 16.5. The van der Waals surface area contributed by atoms with Crippen molar-refractivity contribution < 1.29 is 4.74 Å². The molecule has 1 aliphatic heterocycles. The van der Waals surface area contributed by atoms with E-state index in [1.165, 1.54) is 11.1 Å². The van der Waals surface area contributed by atoms with Crippen molar-refractivity contribution in [2.45, 2.75) is 25.3 Å². The molecule has 1 fully saturated rings. The molecule has 2 N–H and O–H groups in total. The van der Waals surface area contributed by atoms with E-state index in [1.807, 2.05) is 6.07 Å². The monoisotopic (exact) mass is 245 g/mol. The first kappa shape index (κ1) is 11.7. The van der Waals surface area contributed by atoms with Crippen LogP contribution in [0.2, 0.25) is 0 Å². The Balaban J connectivity index is 2.18. The van der Waals surface area contributed by atoms with Crippen LogP contribution in [0, 0.1) is 6.92 Å². The van der Waals surface area contributed by atoms with Crippen LogP contribution >= 0.6 is 0 Å². The zero-order valence-corrected chi connectivity index (χ0v) is 10.9. The summed E-state index contributed by atoms with van der Waals surface area (Å²) in [4.78, 5) is 4.75. The number of rotatable bonds is 1. The van der Waals surface area contributed by atoms with Crippen LogP contribution in [0.3, 0.4) is 0 Å². The Bertz CT molecular complexity index is 582. The predicted molar refractivity (Wildman–Crippen MR) is 71.4 cm³/mol. The molecule has 0 spiro atoms. The summed E-state index contributed by atoms with van der Waals surface area (Å²) < 4.78 is 7.56. The van der Waals surface area contributed by atoms with Crippen LogP contribution in [0.4, 0.5) is 0 Å². The van der Waals surface area contributed by atoms with Gasteiger partial charge in [0.1, 0.15) is 5.82 Å². The number of imidazole rings is 1. The molecular weight excluding hydrogens is 226 g/mol. The van der Waals surface area contributed by atoms with Crippen LogP contribution in [0.25, 0.3) is 11.0 Å². The quantitative estimate of drug-likeness (QED) is 0.834. The number of nitrogens with two attached hydrogens (primary N) is 1. The van der Waals surface area contributed by atoms with Gasteiger partial charge in [0.2, 0.25) is 0 Å². The highest BCUT2D eigenvalue weighted by Gasteiger charge is 2.34. The van der Waals surface area contributed by atoms with Crippen molar-refractivity contribution in [2.75, 3.05) is 13.2 Å². The Morgan fingerprint density at radius 3 is 2.72 bits per heavy atom. The van der Waals surface area contributed by atoms with Crippen molar-refractivity contribution in [1.82, 2.24) is 9.55 Å². The number of fused-ring (bicyclic) bond motifs is 1. The molecule has 3 rings (SSSR count). The summed E-state index contributed by atoms with van der Waals surface area (Å²) in [5.74, 6) is 0.982. The SMILES string of the molecule is Cc1cccc2nc(C3(N)CCOCC3)n(C)c12. The van der Waals surface area contributed by atoms with Gasteiger partial charge >= 0.3 is 0 Å². The fourth-order valence-corrected chi connectivity index (χ4v) is 2.87. The molecule has 2 aromatic rings. The molecule has 0 aliphatic carbocycles. The molecule has 2 heterocycles. The van der Waals surface area contributed by atoms with E-state index in [-0.39, 0.29) is 5.54 Å². The van der Waals surface area contributed by atoms with Gasteiger partial charge in [-0.05, 0) is 31.4 Å². The average molecular weight is 245 g/mol. The summed E-state index contributed by atoms with van der Waals surface area (Å²) in [6, 6.07) is 6.21. The van der Waals surface area contributed by atoms with Gasteiger partial charge in [0.25, 0.3) is 0 Å². The molecular formula is C14H19N3O. The van der Waals surface area contributed by atoms with Gasteiger partial charge < -0.3 is 15.0 Å². The van der Waals surface area contributed by atoms with E-state index in [0.717, 1.165) is 37.4 Å². The van der Waals surface area contributed by atoms with Crippen LogP contribution in [-0.2, 0) is 17.3 Å². The first-order valence-electron chi connectivity index (χ1n) is 6.41. The van der Waals surface area contributed by atoms with Gasteiger partial charge in [0.05, 0.1) is 16.6 Å². The number of hydrogen-bond donors (Lipinski definition) is 1. The van der Waals surface area contributed by atoms with E-state index >= 15 is 0 Å². The van der Waals surface area contributed by atoms with Crippen molar-refractivity contribution in [3.63, 3.8) is 0 Å². The molecule has 18 heavy (non-hydrogen) atoms. The number of aromatic nitrogens is 2. The highest BCUT2D eigenvalue weighted by Crippen LogP contribution is 2.31. The van der Waals surface area contributed by atoms with Crippen LogP contribution < -0.4 is 5.73 Å². The maximum atomic E-state index is 6.53. The van der Waals surface area contributed by atoms with Gasteiger partial charge in [-0.3, -0.25) is 0 Å². The minimum atomic E-state index is -0.349. The number of hydrogen-bond acceptors (Lipinski definition) is 3. The topological polar surface area (TPSA) is 53.1 Å². The molecule has 0 bridgehead atoms. The smallest absolute Gasteiger partial charge is 0.129 e. The second kappa shape index (κ2) is 4.07. The zero-order valence-electron chi connectivity index (χ0n) is 10.9. The van der Waals surface area contributed by atoms with E-state index in [2.05, 4.69) is 30.7 Å². The average Bonchev–Trinajstić information content (AvgIpc) is 2.70. The van der Waals surface area contributed by atoms with Crippen molar-refractivity contribution in [1.29, 1.82) is 0 Å². The second-order valence-electron chi connectivity index (χ2n) is 5.21. The maximum absolute atomic E-state index is 6.53. The van der Waals surface area contributed by atoms with Crippen molar-refractivity contribution in [3.05, 3.63) is 29.6 Å². The third kappa shape index (κ3) is 1.64. The minimum Gasteiger partial charge on any atom is -0.381 e. The summed E-state index contributed by atoms with van der Waals surface area (Å²) >= 11 is 0. The Labute approximate surface area is 107 Å². The minimum absolute atomic E-state index is 0.349. The van der Waals surface area contributed by atoms with Gasteiger partial charge in [-0.1, -0.05) is 12.1 Å². The van der Waals surface area contributed by atoms with Crippen molar-refractivity contribution in [2.24, 2.45) is 12.8 Å². The van der Waals surface area contributed by atoms with Gasteiger partial charge in [-0.2, -0.15) is 0 Å². The number of nitrogens with zero attached hydrogens (tertiary/aromatic N) is 2.